The van der Waals surface area contributed by atoms with Crippen LogP contribution in [0, 0.1) is 0 Å². The summed E-state index contributed by atoms with van der Waals surface area (Å²) in [5.74, 6) is 0.727. The molecule has 2 rings (SSSR count). The van der Waals surface area contributed by atoms with Gasteiger partial charge in [0.15, 0.2) is 0 Å². The van der Waals surface area contributed by atoms with Crippen LogP contribution in [-0.4, -0.2) is 43.2 Å². The third kappa shape index (κ3) is 4.71. The maximum Gasteiger partial charge on any atom is 0.307 e. The van der Waals surface area contributed by atoms with Crippen LogP contribution in [0.1, 0.15) is 31.7 Å². The van der Waals surface area contributed by atoms with Crippen molar-refractivity contribution in [1.29, 1.82) is 0 Å². The Balaban J connectivity index is 2.00. The molecule has 122 valence electrons. The first kappa shape index (κ1) is 16.8. The predicted octanol–water partition coefficient (Wildman–Crippen LogP) is 1.94. The summed E-state index contributed by atoms with van der Waals surface area (Å²) in [6.07, 6.45) is 2.34. The van der Waals surface area contributed by atoms with Gasteiger partial charge in [-0.1, -0.05) is 12.1 Å². The van der Waals surface area contributed by atoms with Crippen LogP contribution in [0.15, 0.2) is 24.3 Å². The summed E-state index contributed by atoms with van der Waals surface area (Å²) in [4.78, 5) is 14.1. The molecule has 5 heteroatoms. The van der Waals surface area contributed by atoms with Crippen LogP contribution in [0.2, 0.25) is 0 Å². The van der Waals surface area contributed by atoms with Crippen molar-refractivity contribution in [3.05, 3.63) is 29.8 Å². The third-order valence-corrected chi connectivity index (χ3v) is 4.11. The first-order valence-electron chi connectivity index (χ1n) is 7.90. The number of benzene rings is 1. The SMILES string of the molecule is CCOC(=O)CC1CCC(N)CN1Cc1ccc(OC)cc1. The number of likely N-dealkylation sites (tertiary alicyclic amines) is 1. The van der Waals surface area contributed by atoms with Crippen molar-refractivity contribution in [2.24, 2.45) is 5.73 Å². The summed E-state index contributed by atoms with van der Waals surface area (Å²) in [6, 6.07) is 8.41. The summed E-state index contributed by atoms with van der Waals surface area (Å²) in [6.45, 7) is 3.88. The lowest BCUT2D eigenvalue weighted by molar-refractivity contribution is -0.145. The van der Waals surface area contributed by atoms with Crippen molar-refractivity contribution in [2.45, 2.75) is 44.8 Å². The van der Waals surface area contributed by atoms with Crippen molar-refractivity contribution in [3.8, 4) is 5.75 Å². The van der Waals surface area contributed by atoms with Crippen molar-refractivity contribution in [3.63, 3.8) is 0 Å². The minimum absolute atomic E-state index is 0.122. The van der Waals surface area contributed by atoms with E-state index in [1.54, 1.807) is 7.11 Å². The molecule has 1 saturated heterocycles. The fraction of sp³-hybridized carbons (Fsp3) is 0.588. The van der Waals surface area contributed by atoms with E-state index in [0.29, 0.717) is 13.0 Å². The highest BCUT2D eigenvalue weighted by molar-refractivity contribution is 5.70. The Kier molecular flexibility index (Phi) is 6.21. The second-order valence-corrected chi connectivity index (χ2v) is 5.78. The minimum Gasteiger partial charge on any atom is -0.497 e. The largest absolute Gasteiger partial charge is 0.497 e. The topological polar surface area (TPSA) is 64.8 Å². The maximum atomic E-state index is 11.8. The number of carbonyl (C=O) groups is 1. The molecule has 1 aromatic rings. The average Bonchev–Trinajstić information content (AvgIpc) is 2.51. The molecule has 1 fully saturated rings. The first-order valence-corrected chi connectivity index (χ1v) is 7.90. The summed E-state index contributed by atoms with van der Waals surface area (Å²) in [5.41, 5.74) is 7.30. The number of carbonyl (C=O) groups excluding carboxylic acids is 1. The molecule has 2 N–H and O–H groups in total. The number of nitrogens with two attached hydrogens (primary N) is 1. The predicted molar refractivity (Wildman–Crippen MR) is 85.7 cm³/mol. The summed E-state index contributed by atoms with van der Waals surface area (Å²) in [7, 11) is 1.66. The molecular formula is C17H26N2O3. The fourth-order valence-electron chi connectivity index (χ4n) is 2.93. The molecule has 1 heterocycles. The molecule has 1 aromatic carbocycles. The number of hydrogen-bond donors (Lipinski definition) is 1. The molecule has 5 nitrogen and oxygen atoms in total. The van der Waals surface area contributed by atoms with Gasteiger partial charge in [-0.15, -0.1) is 0 Å². The van der Waals surface area contributed by atoms with Crippen LogP contribution in [-0.2, 0) is 16.1 Å². The van der Waals surface area contributed by atoms with Gasteiger partial charge in [0.05, 0.1) is 20.1 Å². The van der Waals surface area contributed by atoms with E-state index in [2.05, 4.69) is 17.0 Å². The summed E-state index contributed by atoms with van der Waals surface area (Å²) < 4.78 is 10.3. The number of hydrogen-bond acceptors (Lipinski definition) is 5. The second-order valence-electron chi connectivity index (χ2n) is 5.78. The van der Waals surface area contributed by atoms with E-state index in [9.17, 15) is 4.79 Å². The second kappa shape index (κ2) is 8.15. The molecule has 0 aliphatic carbocycles. The van der Waals surface area contributed by atoms with Gasteiger partial charge in [0.1, 0.15) is 5.75 Å². The van der Waals surface area contributed by atoms with Crippen LogP contribution < -0.4 is 10.5 Å². The van der Waals surface area contributed by atoms with E-state index in [1.807, 2.05) is 19.1 Å². The van der Waals surface area contributed by atoms with Gasteiger partial charge in [0.2, 0.25) is 0 Å². The Morgan fingerprint density at radius 2 is 2.05 bits per heavy atom. The van der Waals surface area contributed by atoms with E-state index in [-0.39, 0.29) is 18.1 Å². The molecule has 2 unspecified atom stereocenters. The first-order chi connectivity index (χ1) is 10.6. The van der Waals surface area contributed by atoms with Gasteiger partial charge in [-0.3, -0.25) is 9.69 Å². The van der Waals surface area contributed by atoms with Gasteiger partial charge >= 0.3 is 5.97 Å². The van der Waals surface area contributed by atoms with Crippen LogP contribution in [0.4, 0.5) is 0 Å². The van der Waals surface area contributed by atoms with Gasteiger partial charge < -0.3 is 15.2 Å². The summed E-state index contributed by atoms with van der Waals surface area (Å²) in [5, 5.41) is 0. The van der Waals surface area contributed by atoms with Crippen LogP contribution in [0.5, 0.6) is 5.75 Å². The standard InChI is InChI=1S/C17H26N2O3/c1-3-22-17(20)10-15-7-6-14(18)12-19(15)11-13-4-8-16(21-2)9-5-13/h4-5,8-9,14-15H,3,6-7,10-12,18H2,1-2H3. The minimum atomic E-state index is -0.122. The molecule has 0 spiro atoms. The molecule has 22 heavy (non-hydrogen) atoms. The third-order valence-electron chi connectivity index (χ3n) is 4.11. The molecular weight excluding hydrogens is 280 g/mol. The number of rotatable bonds is 6. The van der Waals surface area contributed by atoms with Crippen LogP contribution in [0.3, 0.4) is 0 Å². The van der Waals surface area contributed by atoms with E-state index >= 15 is 0 Å². The van der Waals surface area contributed by atoms with Crippen LogP contribution >= 0.6 is 0 Å². The van der Waals surface area contributed by atoms with E-state index in [4.69, 9.17) is 15.2 Å². The average molecular weight is 306 g/mol. The highest BCUT2D eigenvalue weighted by atomic mass is 16.5. The zero-order chi connectivity index (χ0) is 15.9. The van der Waals surface area contributed by atoms with E-state index in [1.165, 1.54) is 5.56 Å². The Bertz CT molecular complexity index is 475. The highest BCUT2D eigenvalue weighted by Gasteiger charge is 2.28. The molecule has 0 aromatic heterocycles. The van der Waals surface area contributed by atoms with Crippen molar-refractivity contribution >= 4 is 5.97 Å². The zero-order valence-electron chi connectivity index (χ0n) is 13.5. The van der Waals surface area contributed by atoms with Gasteiger partial charge in [0, 0.05) is 25.2 Å². The molecule has 0 radical (unpaired) electrons. The quantitative estimate of drug-likeness (QED) is 0.814. The lowest BCUT2D eigenvalue weighted by Crippen LogP contribution is -2.48. The van der Waals surface area contributed by atoms with E-state index < -0.39 is 0 Å². The Morgan fingerprint density at radius 1 is 1.32 bits per heavy atom. The molecule has 1 aliphatic heterocycles. The molecule has 2 atom stereocenters. The van der Waals surface area contributed by atoms with Gasteiger partial charge in [-0.2, -0.15) is 0 Å². The number of esters is 1. The molecule has 0 bridgehead atoms. The Labute approximate surface area is 132 Å². The maximum absolute atomic E-state index is 11.8. The normalized spacial score (nSPS) is 22.3. The Morgan fingerprint density at radius 3 is 2.68 bits per heavy atom. The van der Waals surface area contributed by atoms with Crippen LogP contribution in [0.25, 0.3) is 0 Å². The van der Waals surface area contributed by atoms with Gasteiger partial charge in [0.25, 0.3) is 0 Å². The smallest absolute Gasteiger partial charge is 0.307 e. The highest BCUT2D eigenvalue weighted by Crippen LogP contribution is 2.23. The number of nitrogens with zero attached hydrogens (tertiary/aromatic N) is 1. The van der Waals surface area contributed by atoms with Crippen molar-refractivity contribution < 1.29 is 14.3 Å². The number of piperidine rings is 1. The lowest BCUT2D eigenvalue weighted by Gasteiger charge is -2.38. The van der Waals surface area contributed by atoms with Gasteiger partial charge in [-0.05, 0) is 37.5 Å². The Hall–Kier alpha value is -1.59. The summed E-state index contributed by atoms with van der Waals surface area (Å²) >= 11 is 0. The molecule has 0 saturated carbocycles. The van der Waals surface area contributed by atoms with Crippen molar-refractivity contribution in [2.75, 3.05) is 20.3 Å². The lowest BCUT2D eigenvalue weighted by atomic mass is 9.95. The molecule has 1 aliphatic rings. The zero-order valence-corrected chi connectivity index (χ0v) is 13.5. The fourth-order valence-corrected chi connectivity index (χ4v) is 2.93. The van der Waals surface area contributed by atoms with Crippen molar-refractivity contribution in [1.82, 2.24) is 4.90 Å². The number of methoxy groups -OCH3 is 1. The van der Waals surface area contributed by atoms with Gasteiger partial charge in [-0.25, -0.2) is 0 Å². The monoisotopic (exact) mass is 306 g/mol. The number of ether oxygens (including phenoxy) is 2. The molecule has 0 amide bonds. The van der Waals surface area contributed by atoms with E-state index in [0.717, 1.165) is 31.7 Å².